The summed E-state index contributed by atoms with van der Waals surface area (Å²) in [6.07, 6.45) is 0.424. The molecule has 2 rings (SSSR count). The summed E-state index contributed by atoms with van der Waals surface area (Å²) in [6, 6.07) is 7.67. The van der Waals surface area contributed by atoms with Crippen molar-refractivity contribution < 1.29 is 24.2 Å². The van der Waals surface area contributed by atoms with Crippen LogP contribution in [0.2, 0.25) is 0 Å². The molecule has 6 heteroatoms. The number of nitrogens with one attached hydrogen (secondary N) is 1. The number of aliphatic carboxylic acids is 2. The average Bonchev–Trinajstić information content (AvgIpc) is 3.00. The molecule has 146 valence electrons. The number of carbonyl (C=O) groups is 2. The van der Waals surface area contributed by atoms with Gasteiger partial charge in [-0.15, -0.1) is 0 Å². The summed E-state index contributed by atoms with van der Waals surface area (Å²) in [5, 5.41) is 21.6. The Morgan fingerprint density at radius 3 is 2.11 bits per heavy atom. The van der Waals surface area contributed by atoms with Gasteiger partial charge in [0.1, 0.15) is 23.6 Å². The second kappa shape index (κ2) is 8.86. The molecule has 2 atom stereocenters. The zero-order chi connectivity index (χ0) is 20.1. The van der Waals surface area contributed by atoms with Gasteiger partial charge in [0, 0.05) is 12.0 Å². The molecule has 0 aliphatic carbocycles. The zero-order valence-electron chi connectivity index (χ0n) is 16.2. The van der Waals surface area contributed by atoms with Crippen molar-refractivity contribution in [1.29, 1.82) is 0 Å². The maximum Gasteiger partial charge on any atom is 0.321 e. The second-order valence-electron chi connectivity index (χ2n) is 7.42. The Balaban J connectivity index is 2.16. The van der Waals surface area contributed by atoms with Crippen LogP contribution in [0.4, 0.5) is 0 Å². The van der Waals surface area contributed by atoms with E-state index in [1.165, 1.54) is 0 Å². The maximum absolute atomic E-state index is 11.6. The van der Waals surface area contributed by atoms with E-state index in [-0.39, 0.29) is 12.3 Å². The van der Waals surface area contributed by atoms with Gasteiger partial charge in [-0.1, -0.05) is 31.0 Å². The highest BCUT2D eigenvalue weighted by Crippen LogP contribution is 2.25. The number of hydrogen-bond acceptors (Lipinski definition) is 4. The number of furan rings is 1. The van der Waals surface area contributed by atoms with Gasteiger partial charge in [-0.2, -0.15) is 0 Å². The van der Waals surface area contributed by atoms with E-state index < -0.39 is 24.0 Å². The quantitative estimate of drug-likeness (QED) is 0.620. The lowest BCUT2D eigenvalue weighted by atomic mass is 10.0. The Bertz CT molecular complexity index is 788. The number of benzene rings is 1. The Kier molecular flexibility index (Phi) is 6.80. The van der Waals surface area contributed by atoms with Crippen LogP contribution in [-0.4, -0.2) is 34.2 Å². The van der Waals surface area contributed by atoms with Gasteiger partial charge in [0.25, 0.3) is 0 Å². The van der Waals surface area contributed by atoms with Crippen LogP contribution in [0.15, 0.2) is 34.7 Å². The third-order valence-electron chi connectivity index (χ3n) is 4.28. The van der Waals surface area contributed by atoms with E-state index in [4.69, 9.17) is 4.42 Å². The smallest absolute Gasteiger partial charge is 0.321 e. The van der Waals surface area contributed by atoms with E-state index in [2.05, 4.69) is 11.4 Å². The molecular formula is C21H27NO5. The molecule has 0 aliphatic rings. The minimum atomic E-state index is -1.10. The molecule has 0 saturated heterocycles. The van der Waals surface area contributed by atoms with Crippen molar-refractivity contribution in [1.82, 2.24) is 5.32 Å². The van der Waals surface area contributed by atoms with E-state index in [1.54, 1.807) is 6.07 Å². The van der Waals surface area contributed by atoms with Crippen molar-refractivity contribution in [2.45, 2.75) is 52.6 Å². The normalized spacial score (nSPS) is 13.5. The first-order chi connectivity index (χ1) is 12.7. The van der Waals surface area contributed by atoms with Crippen LogP contribution in [-0.2, 0) is 16.0 Å². The van der Waals surface area contributed by atoms with Crippen molar-refractivity contribution in [3.63, 3.8) is 0 Å². The SMILES string of the molecule is Cc1cc(C)cc(-c2ccc(C[C@H](N[C@@H](CC(C)C)C(=O)O)C(=O)O)o2)c1. The highest BCUT2D eigenvalue weighted by atomic mass is 16.4. The first kappa shape index (κ1) is 20.7. The molecule has 0 bridgehead atoms. The molecule has 6 nitrogen and oxygen atoms in total. The van der Waals surface area contributed by atoms with Gasteiger partial charge < -0.3 is 14.6 Å². The molecule has 0 spiro atoms. The fourth-order valence-electron chi connectivity index (χ4n) is 3.13. The summed E-state index contributed by atoms with van der Waals surface area (Å²) in [7, 11) is 0. The molecule has 0 saturated carbocycles. The molecule has 27 heavy (non-hydrogen) atoms. The predicted molar refractivity (Wildman–Crippen MR) is 103 cm³/mol. The molecule has 0 radical (unpaired) electrons. The van der Waals surface area contributed by atoms with Gasteiger partial charge in [-0.3, -0.25) is 14.9 Å². The van der Waals surface area contributed by atoms with Gasteiger partial charge in [0.2, 0.25) is 0 Å². The first-order valence-electron chi connectivity index (χ1n) is 9.04. The van der Waals surface area contributed by atoms with Crippen LogP contribution in [0, 0.1) is 19.8 Å². The number of carboxylic acid groups (broad SMARTS) is 2. The fraction of sp³-hybridized carbons (Fsp3) is 0.429. The molecule has 2 aromatic rings. The monoisotopic (exact) mass is 373 g/mol. The zero-order valence-corrected chi connectivity index (χ0v) is 16.2. The van der Waals surface area contributed by atoms with E-state index in [0.717, 1.165) is 16.7 Å². The molecule has 0 aliphatic heterocycles. The van der Waals surface area contributed by atoms with Crippen LogP contribution in [0.25, 0.3) is 11.3 Å². The molecular weight excluding hydrogens is 346 g/mol. The van der Waals surface area contributed by atoms with Crippen molar-refractivity contribution in [2.24, 2.45) is 5.92 Å². The van der Waals surface area contributed by atoms with Crippen molar-refractivity contribution in [3.05, 3.63) is 47.2 Å². The number of carboxylic acids is 2. The lowest BCUT2D eigenvalue weighted by molar-refractivity contribution is -0.143. The van der Waals surface area contributed by atoms with Crippen LogP contribution in [0.5, 0.6) is 0 Å². The van der Waals surface area contributed by atoms with E-state index in [0.29, 0.717) is 17.9 Å². The van der Waals surface area contributed by atoms with Gasteiger partial charge in [0.05, 0.1) is 0 Å². The highest BCUT2D eigenvalue weighted by molar-refractivity contribution is 5.77. The first-order valence-corrected chi connectivity index (χ1v) is 9.04. The molecule has 1 aromatic carbocycles. The van der Waals surface area contributed by atoms with E-state index in [1.807, 2.05) is 45.9 Å². The van der Waals surface area contributed by atoms with Gasteiger partial charge in [-0.05, 0) is 50.5 Å². The average molecular weight is 373 g/mol. The summed E-state index contributed by atoms with van der Waals surface area (Å²) in [5.41, 5.74) is 3.17. The topological polar surface area (TPSA) is 99.8 Å². The third-order valence-corrected chi connectivity index (χ3v) is 4.28. The van der Waals surface area contributed by atoms with Crippen molar-refractivity contribution >= 4 is 11.9 Å². The van der Waals surface area contributed by atoms with Gasteiger partial charge in [0.15, 0.2) is 0 Å². The fourth-order valence-corrected chi connectivity index (χ4v) is 3.13. The summed E-state index contributed by atoms with van der Waals surface area (Å²) in [4.78, 5) is 23.0. The minimum Gasteiger partial charge on any atom is -0.480 e. The predicted octanol–water partition coefficient (Wildman–Crippen LogP) is 3.65. The Hall–Kier alpha value is -2.60. The van der Waals surface area contributed by atoms with Crippen LogP contribution >= 0.6 is 0 Å². The third kappa shape index (κ3) is 5.96. The molecule has 1 aromatic heterocycles. The van der Waals surface area contributed by atoms with E-state index >= 15 is 0 Å². The summed E-state index contributed by atoms with van der Waals surface area (Å²) >= 11 is 0. The van der Waals surface area contributed by atoms with E-state index in [9.17, 15) is 19.8 Å². The molecule has 0 unspecified atom stereocenters. The number of aryl methyl sites for hydroxylation is 2. The van der Waals surface area contributed by atoms with Gasteiger partial charge >= 0.3 is 11.9 Å². The summed E-state index contributed by atoms with van der Waals surface area (Å²) < 4.78 is 5.83. The minimum absolute atomic E-state index is 0.0714. The standard InChI is InChI=1S/C21H27NO5/c1-12(2)7-17(20(23)24)22-18(21(25)26)11-16-5-6-19(27-16)15-9-13(3)8-14(4)10-15/h5-6,8-10,12,17-18,22H,7,11H2,1-4H3,(H,23,24)(H,25,26)/t17-,18-/m0/s1. The lowest BCUT2D eigenvalue weighted by Crippen LogP contribution is -2.48. The highest BCUT2D eigenvalue weighted by Gasteiger charge is 2.27. The Morgan fingerprint density at radius 2 is 1.59 bits per heavy atom. The van der Waals surface area contributed by atoms with Gasteiger partial charge in [-0.25, -0.2) is 0 Å². The number of hydrogen-bond donors (Lipinski definition) is 3. The van der Waals surface area contributed by atoms with Crippen LogP contribution in [0.3, 0.4) is 0 Å². The van der Waals surface area contributed by atoms with Crippen LogP contribution in [0.1, 0.15) is 37.2 Å². The van der Waals surface area contributed by atoms with Crippen LogP contribution < -0.4 is 5.32 Å². The Morgan fingerprint density at radius 1 is 1.00 bits per heavy atom. The molecule has 0 fully saturated rings. The molecule has 0 amide bonds. The summed E-state index contributed by atoms with van der Waals surface area (Å²) in [5.74, 6) is -0.858. The van der Waals surface area contributed by atoms with Crippen molar-refractivity contribution in [2.75, 3.05) is 0 Å². The second-order valence-corrected chi connectivity index (χ2v) is 7.42. The van der Waals surface area contributed by atoms with Crippen molar-refractivity contribution in [3.8, 4) is 11.3 Å². The lowest BCUT2D eigenvalue weighted by Gasteiger charge is -2.21. The Labute approximate surface area is 159 Å². The molecule has 3 N–H and O–H groups in total. The summed E-state index contributed by atoms with van der Waals surface area (Å²) in [6.45, 7) is 7.81. The maximum atomic E-state index is 11.6. The largest absolute Gasteiger partial charge is 0.480 e. The number of rotatable bonds is 9. The molecule has 1 heterocycles.